The number of nitrogens with zero attached hydrogens (tertiary/aromatic N) is 6. The summed E-state index contributed by atoms with van der Waals surface area (Å²) in [5.41, 5.74) is 0.465. The van der Waals surface area contributed by atoms with Crippen molar-refractivity contribution in [2.24, 2.45) is 0 Å². The summed E-state index contributed by atoms with van der Waals surface area (Å²) >= 11 is 1.15. The van der Waals surface area contributed by atoms with E-state index in [-0.39, 0.29) is 41.9 Å². The topological polar surface area (TPSA) is 128 Å². The predicted octanol–water partition coefficient (Wildman–Crippen LogP) is 0.414. The molecule has 0 spiro atoms. The number of ether oxygens (including phenoxy) is 1. The molecule has 11 nitrogen and oxygen atoms in total. The molecule has 3 heterocycles. The maximum absolute atomic E-state index is 12.7. The zero-order valence-corrected chi connectivity index (χ0v) is 17.8. The summed E-state index contributed by atoms with van der Waals surface area (Å²) in [6, 6.07) is 9.84. The van der Waals surface area contributed by atoms with Gasteiger partial charge in [-0.05, 0) is 34.0 Å². The van der Waals surface area contributed by atoms with E-state index in [1.807, 2.05) is 0 Å². The van der Waals surface area contributed by atoms with Crippen LogP contribution in [0.5, 0.6) is 0 Å². The van der Waals surface area contributed by atoms with Gasteiger partial charge in [-0.25, -0.2) is 13.2 Å². The van der Waals surface area contributed by atoms with Crippen LogP contribution >= 0.6 is 11.3 Å². The van der Waals surface area contributed by atoms with Crippen molar-refractivity contribution < 1.29 is 22.7 Å². The summed E-state index contributed by atoms with van der Waals surface area (Å²) < 4.78 is 33.2. The van der Waals surface area contributed by atoms with Gasteiger partial charge in [0.2, 0.25) is 10.0 Å². The average molecular weight is 463 g/mol. The van der Waals surface area contributed by atoms with Crippen molar-refractivity contribution in [2.45, 2.75) is 4.90 Å². The third-order valence-electron chi connectivity index (χ3n) is 4.72. The molecule has 1 aliphatic heterocycles. The summed E-state index contributed by atoms with van der Waals surface area (Å²) in [5.74, 6) is -1.04. The highest BCUT2D eigenvalue weighted by Crippen LogP contribution is 2.21. The monoisotopic (exact) mass is 462 g/mol. The Hall–Kier alpha value is -3.16. The first-order valence-electron chi connectivity index (χ1n) is 9.28. The van der Waals surface area contributed by atoms with Crippen LogP contribution in [0.4, 0.5) is 0 Å². The molecule has 0 N–H and O–H groups in total. The van der Waals surface area contributed by atoms with Crippen LogP contribution in [0.25, 0.3) is 5.69 Å². The number of tetrazole rings is 1. The number of sulfonamides is 1. The molecule has 31 heavy (non-hydrogen) atoms. The lowest BCUT2D eigenvalue weighted by Gasteiger charge is -2.33. The molecule has 0 saturated carbocycles. The SMILES string of the molecule is O=C(OCC(=O)N1CCN(S(=O)(=O)c2ccccc2)CC1)c1sccc1-n1cnnn1. The lowest BCUT2D eigenvalue weighted by molar-refractivity contribution is -0.135. The summed E-state index contributed by atoms with van der Waals surface area (Å²) in [7, 11) is -3.60. The van der Waals surface area contributed by atoms with Gasteiger partial charge in [0, 0.05) is 26.2 Å². The van der Waals surface area contributed by atoms with E-state index < -0.39 is 22.6 Å². The first-order valence-corrected chi connectivity index (χ1v) is 11.6. The largest absolute Gasteiger partial charge is 0.451 e. The molecule has 1 aromatic carbocycles. The van der Waals surface area contributed by atoms with Crippen molar-refractivity contribution in [1.29, 1.82) is 0 Å². The zero-order chi connectivity index (χ0) is 21.8. The molecular formula is C18H18N6O5S2. The van der Waals surface area contributed by atoms with Crippen LogP contribution in [0.15, 0.2) is 53.0 Å². The van der Waals surface area contributed by atoms with Crippen molar-refractivity contribution in [1.82, 2.24) is 29.4 Å². The molecule has 0 unspecified atom stereocenters. The van der Waals surface area contributed by atoms with Crippen LogP contribution < -0.4 is 0 Å². The number of amides is 1. The minimum Gasteiger partial charge on any atom is -0.451 e. The number of esters is 1. The highest BCUT2D eigenvalue weighted by Gasteiger charge is 2.30. The van der Waals surface area contributed by atoms with E-state index in [9.17, 15) is 18.0 Å². The van der Waals surface area contributed by atoms with Gasteiger partial charge >= 0.3 is 5.97 Å². The van der Waals surface area contributed by atoms with Crippen molar-refractivity contribution >= 4 is 33.2 Å². The molecule has 0 aliphatic carbocycles. The molecule has 1 aliphatic rings. The fraction of sp³-hybridized carbons (Fsp3) is 0.278. The Morgan fingerprint density at radius 3 is 2.48 bits per heavy atom. The van der Waals surface area contributed by atoms with Gasteiger partial charge in [0.1, 0.15) is 11.2 Å². The number of aromatic nitrogens is 4. The molecule has 2 aromatic heterocycles. The number of piperazine rings is 1. The lowest BCUT2D eigenvalue weighted by Crippen LogP contribution is -2.51. The first-order chi connectivity index (χ1) is 15.0. The molecule has 162 valence electrons. The van der Waals surface area contributed by atoms with Gasteiger partial charge in [0.25, 0.3) is 5.91 Å². The molecule has 3 aromatic rings. The number of benzene rings is 1. The Bertz CT molecular complexity index is 1160. The Morgan fingerprint density at radius 1 is 1.06 bits per heavy atom. The Labute approximate surface area is 181 Å². The van der Waals surface area contributed by atoms with E-state index in [1.165, 1.54) is 20.2 Å². The normalized spacial score (nSPS) is 15.0. The number of carbonyl (C=O) groups excluding carboxylic acids is 2. The van der Waals surface area contributed by atoms with E-state index in [4.69, 9.17) is 4.74 Å². The van der Waals surface area contributed by atoms with Gasteiger partial charge in [-0.15, -0.1) is 16.4 Å². The standard InChI is InChI=1S/C18H18N6O5S2/c25-16(12-29-18(26)17-15(6-11-30-17)24-13-19-20-21-24)22-7-9-23(10-8-22)31(27,28)14-4-2-1-3-5-14/h1-6,11,13H,7-10,12H2. The molecule has 4 rings (SSSR count). The fourth-order valence-electron chi connectivity index (χ4n) is 3.11. The Morgan fingerprint density at radius 2 is 1.81 bits per heavy atom. The summed E-state index contributed by atoms with van der Waals surface area (Å²) in [6.45, 7) is 0.350. The van der Waals surface area contributed by atoms with Crippen molar-refractivity contribution in [2.75, 3.05) is 32.8 Å². The highest BCUT2D eigenvalue weighted by atomic mass is 32.2. The second-order valence-electron chi connectivity index (χ2n) is 6.56. The molecule has 1 fully saturated rings. The van der Waals surface area contributed by atoms with Crippen LogP contribution in [-0.2, 0) is 19.6 Å². The smallest absolute Gasteiger partial charge is 0.351 e. The van der Waals surface area contributed by atoms with E-state index in [1.54, 1.807) is 41.8 Å². The van der Waals surface area contributed by atoms with Crippen molar-refractivity contribution in [3.8, 4) is 5.69 Å². The van der Waals surface area contributed by atoms with E-state index in [2.05, 4.69) is 15.5 Å². The number of hydrogen-bond donors (Lipinski definition) is 0. The second-order valence-corrected chi connectivity index (χ2v) is 9.42. The third-order valence-corrected chi connectivity index (χ3v) is 7.52. The Kier molecular flexibility index (Phi) is 6.06. The summed E-state index contributed by atoms with van der Waals surface area (Å²) in [4.78, 5) is 26.8. The predicted molar refractivity (Wildman–Crippen MR) is 109 cm³/mol. The quantitative estimate of drug-likeness (QED) is 0.482. The highest BCUT2D eigenvalue weighted by molar-refractivity contribution is 7.89. The van der Waals surface area contributed by atoms with Crippen LogP contribution in [0.3, 0.4) is 0 Å². The number of thiophene rings is 1. The van der Waals surface area contributed by atoms with Gasteiger partial charge in [-0.1, -0.05) is 18.2 Å². The minimum absolute atomic E-state index is 0.172. The van der Waals surface area contributed by atoms with E-state index in [0.717, 1.165) is 11.3 Å². The molecule has 0 radical (unpaired) electrons. The fourth-order valence-corrected chi connectivity index (χ4v) is 5.32. The molecule has 1 saturated heterocycles. The number of carbonyl (C=O) groups is 2. The molecule has 0 atom stereocenters. The van der Waals surface area contributed by atoms with Gasteiger partial charge in [-0.3, -0.25) is 4.79 Å². The van der Waals surface area contributed by atoms with E-state index in [0.29, 0.717) is 5.69 Å². The van der Waals surface area contributed by atoms with Crippen LogP contribution in [-0.4, -0.2) is 82.5 Å². The van der Waals surface area contributed by atoms with Gasteiger partial charge in [-0.2, -0.15) is 8.99 Å². The second kappa shape index (κ2) is 8.91. The average Bonchev–Trinajstić information content (AvgIpc) is 3.49. The summed E-state index contributed by atoms with van der Waals surface area (Å²) in [6.07, 6.45) is 1.35. The maximum Gasteiger partial charge on any atom is 0.351 e. The Balaban J connectivity index is 1.31. The molecule has 1 amide bonds. The van der Waals surface area contributed by atoms with Crippen molar-refractivity contribution in [3.63, 3.8) is 0 Å². The maximum atomic E-state index is 12.7. The number of rotatable bonds is 6. The molecule has 0 bridgehead atoms. The van der Waals surface area contributed by atoms with Crippen LogP contribution in [0.1, 0.15) is 9.67 Å². The lowest BCUT2D eigenvalue weighted by atomic mass is 10.3. The third kappa shape index (κ3) is 4.47. The van der Waals surface area contributed by atoms with Crippen LogP contribution in [0, 0.1) is 0 Å². The van der Waals surface area contributed by atoms with Gasteiger partial charge in [0.15, 0.2) is 6.61 Å². The first kappa shape index (κ1) is 21.1. The van der Waals surface area contributed by atoms with Gasteiger partial charge < -0.3 is 9.64 Å². The summed E-state index contributed by atoms with van der Waals surface area (Å²) in [5, 5.41) is 12.5. The van der Waals surface area contributed by atoms with E-state index >= 15 is 0 Å². The molecular weight excluding hydrogens is 444 g/mol. The number of hydrogen-bond acceptors (Lipinski definition) is 9. The minimum atomic E-state index is -3.60. The van der Waals surface area contributed by atoms with Crippen LogP contribution in [0.2, 0.25) is 0 Å². The van der Waals surface area contributed by atoms with Gasteiger partial charge in [0.05, 0.1) is 10.6 Å². The van der Waals surface area contributed by atoms with Crippen molar-refractivity contribution in [3.05, 3.63) is 53.0 Å². The molecule has 13 heteroatoms. The zero-order valence-electron chi connectivity index (χ0n) is 16.2.